The van der Waals surface area contributed by atoms with Crippen molar-refractivity contribution in [1.29, 1.82) is 0 Å². The minimum atomic E-state index is -0.299. The van der Waals surface area contributed by atoms with Crippen LogP contribution in [-0.4, -0.2) is 25.7 Å². The Morgan fingerprint density at radius 2 is 1.80 bits per heavy atom. The molecule has 3 atom stereocenters. The second kappa shape index (κ2) is 9.93. The van der Waals surface area contributed by atoms with Crippen molar-refractivity contribution >= 4 is 16.7 Å². The van der Waals surface area contributed by atoms with Gasteiger partial charge in [-0.25, -0.2) is 4.79 Å². The average Bonchev–Trinajstić information content (AvgIpc) is 2.90. The second-order valence-electron chi connectivity index (χ2n) is 9.33. The van der Waals surface area contributed by atoms with E-state index in [2.05, 4.69) is 66.8 Å². The summed E-state index contributed by atoms with van der Waals surface area (Å²) in [6.45, 7) is 4.87. The average molecular weight is 466 g/mol. The number of hydrogen-bond acceptors (Lipinski definition) is 4. The summed E-state index contributed by atoms with van der Waals surface area (Å²) in [6, 6.07) is 29.5. The number of esters is 1. The SMILES string of the molecule is COC(=O)c1cc([C@@H]2C[C@H](CN[C@H](C)c3cccc4ccccc34)Oc3ccccc32)ccc1C. The van der Waals surface area contributed by atoms with Gasteiger partial charge in [0, 0.05) is 24.1 Å². The molecule has 0 unspecified atom stereocenters. The molecule has 1 aliphatic rings. The van der Waals surface area contributed by atoms with Gasteiger partial charge in [0.05, 0.1) is 12.7 Å². The normalized spacial score (nSPS) is 17.9. The highest BCUT2D eigenvalue weighted by Crippen LogP contribution is 2.41. The number of fused-ring (bicyclic) bond motifs is 2. The van der Waals surface area contributed by atoms with Gasteiger partial charge in [0.1, 0.15) is 11.9 Å². The molecule has 5 rings (SSSR count). The van der Waals surface area contributed by atoms with E-state index in [1.165, 1.54) is 23.4 Å². The van der Waals surface area contributed by atoms with E-state index < -0.39 is 0 Å². The van der Waals surface area contributed by atoms with Crippen LogP contribution >= 0.6 is 0 Å². The zero-order valence-corrected chi connectivity index (χ0v) is 20.5. The van der Waals surface area contributed by atoms with Crippen LogP contribution in [0, 0.1) is 6.92 Å². The molecular weight excluding hydrogens is 434 g/mol. The van der Waals surface area contributed by atoms with Crippen molar-refractivity contribution in [3.05, 3.63) is 113 Å². The van der Waals surface area contributed by atoms with Gasteiger partial charge in [-0.2, -0.15) is 0 Å². The fourth-order valence-electron chi connectivity index (χ4n) is 5.17. The maximum absolute atomic E-state index is 12.3. The molecule has 0 aromatic heterocycles. The molecule has 4 aromatic rings. The van der Waals surface area contributed by atoms with Gasteiger partial charge in [-0.1, -0.05) is 72.8 Å². The highest BCUT2D eigenvalue weighted by atomic mass is 16.5. The Hall–Kier alpha value is -3.63. The summed E-state index contributed by atoms with van der Waals surface area (Å²) in [7, 11) is 1.43. The quantitative estimate of drug-likeness (QED) is 0.327. The van der Waals surface area contributed by atoms with Crippen molar-refractivity contribution in [2.24, 2.45) is 0 Å². The van der Waals surface area contributed by atoms with Crippen molar-refractivity contribution in [1.82, 2.24) is 5.32 Å². The van der Waals surface area contributed by atoms with E-state index in [0.717, 1.165) is 35.4 Å². The van der Waals surface area contributed by atoms with Crippen LogP contribution in [0.15, 0.2) is 84.9 Å². The molecule has 4 heteroatoms. The molecule has 0 bridgehead atoms. The first-order chi connectivity index (χ1) is 17.0. The number of nitrogens with one attached hydrogen (secondary N) is 1. The molecule has 0 saturated carbocycles. The van der Waals surface area contributed by atoms with E-state index in [0.29, 0.717) is 5.56 Å². The third kappa shape index (κ3) is 4.67. The number of rotatable bonds is 6. The molecule has 1 aliphatic heterocycles. The van der Waals surface area contributed by atoms with E-state index in [4.69, 9.17) is 9.47 Å². The molecule has 35 heavy (non-hydrogen) atoms. The molecule has 4 aromatic carbocycles. The molecule has 0 amide bonds. The molecule has 1 heterocycles. The van der Waals surface area contributed by atoms with Crippen molar-refractivity contribution in [2.75, 3.05) is 13.7 Å². The van der Waals surface area contributed by atoms with Gasteiger partial charge in [-0.3, -0.25) is 0 Å². The van der Waals surface area contributed by atoms with Crippen molar-refractivity contribution < 1.29 is 14.3 Å². The molecule has 0 fully saturated rings. The van der Waals surface area contributed by atoms with Gasteiger partial charge < -0.3 is 14.8 Å². The third-order valence-corrected chi connectivity index (χ3v) is 7.10. The summed E-state index contributed by atoms with van der Waals surface area (Å²) < 4.78 is 11.4. The van der Waals surface area contributed by atoms with Crippen LogP contribution in [0.5, 0.6) is 5.75 Å². The molecule has 4 nitrogen and oxygen atoms in total. The van der Waals surface area contributed by atoms with E-state index in [1.807, 2.05) is 37.3 Å². The fraction of sp³-hybridized carbons (Fsp3) is 0.258. The third-order valence-electron chi connectivity index (χ3n) is 7.10. The smallest absolute Gasteiger partial charge is 0.338 e. The summed E-state index contributed by atoms with van der Waals surface area (Å²) in [5.41, 5.74) is 5.10. The van der Waals surface area contributed by atoms with Crippen molar-refractivity contribution in [2.45, 2.75) is 38.3 Å². The number of hydrogen-bond donors (Lipinski definition) is 1. The molecule has 0 saturated heterocycles. The van der Waals surface area contributed by atoms with Crippen LogP contribution in [0.1, 0.15) is 57.9 Å². The Balaban J connectivity index is 1.39. The van der Waals surface area contributed by atoms with Gasteiger partial charge in [-0.05, 0) is 59.9 Å². The Bertz CT molecular complexity index is 1360. The molecule has 0 aliphatic carbocycles. The number of methoxy groups -OCH3 is 1. The fourth-order valence-corrected chi connectivity index (χ4v) is 5.17. The Labute approximate surface area is 206 Å². The highest BCUT2D eigenvalue weighted by molar-refractivity contribution is 5.91. The zero-order valence-electron chi connectivity index (χ0n) is 20.5. The van der Waals surface area contributed by atoms with Crippen LogP contribution < -0.4 is 10.1 Å². The first kappa shape index (κ1) is 23.1. The monoisotopic (exact) mass is 465 g/mol. The minimum absolute atomic E-state index is 0.00945. The number of carbonyl (C=O) groups is 1. The summed E-state index contributed by atoms with van der Waals surface area (Å²) in [5, 5.41) is 6.24. The van der Waals surface area contributed by atoms with E-state index in [9.17, 15) is 4.79 Å². The van der Waals surface area contributed by atoms with E-state index in [1.54, 1.807) is 0 Å². The van der Waals surface area contributed by atoms with Gasteiger partial charge in [0.2, 0.25) is 0 Å². The van der Waals surface area contributed by atoms with E-state index >= 15 is 0 Å². The number of para-hydroxylation sites is 1. The molecular formula is C31H31NO3. The van der Waals surface area contributed by atoms with Crippen molar-refractivity contribution in [3.8, 4) is 5.75 Å². The molecule has 178 valence electrons. The van der Waals surface area contributed by atoms with Crippen molar-refractivity contribution in [3.63, 3.8) is 0 Å². The lowest BCUT2D eigenvalue weighted by atomic mass is 9.83. The van der Waals surface area contributed by atoms with E-state index in [-0.39, 0.29) is 24.0 Å². The zero-order chi connectivity index (χ0) is 24.4. The summed E-state index contributed by atoms with van der Waals surface area (Å²) in [6.07, 6.45) is 0.839. The van der Waals surface area contributed by atoms with Gasteiger partial charge >= 0.3 is 5.97 Å². The maximum Gasteiger partial charge on any atom is 0.338 e. The lowest BCUT2D eigenvalue weighted by Gasteiger charge is -2.33. The van der Waals surface area contributed by atoms with Crippen LogP contribution in [-0.2, 0) is 4.74 Å². The summed E-state index contributed by atoms with van der Waals surface area (Å²) in [4.78, 5) is 12.3. The Morgan fingerprint density at radius 1 is 1.03 bits per heavy atom. The largest absolute Gasteiger partial charge is 0.489 e. The second-order valence-corrected chi connectivity index (χ2v) is 9.33. The minimum Gasteiger partial charge on any atom is -0.489 e. The van der Waals surface area contributed by atoms with Crippen LogP contribution in [0.3, 0.4) is 0 Å². The van der Waals surface area contributed by atoms with Gasteiger partial charge in [-0.15, -0.1) is 0 Å². The van der Waals surface area contributed by atoms with Crippen LogP contribution in [0.4, 0.5) is 0 Å². The lowest BCUT2D eigenvalue weighted by molar-refractivity contribution is 0.0599. The number of ether oxygens (including phenoxy) is 2. The standard InChI is InChI=1S/C31H31NO3/c1-20-15-16-23(17-28(20)31(33)34-3)29-18-24(35-30-14-7-6-12-27(29)30)19-32-21(2)25-13-8-10-22-9-4-5-11-26(22)25/h4-17,21,24,29,32H,18-19H2,1-3H3/t21-,24-,29+/m1/s1. The summed E-state index contributed by atoms with van der Waals surface area (Å²) >= 11 is 0. The Morgan fingerprint density at radius 3 is 2.66 bits per heavy atom. The summed E-state index contributed by atoms with van der Waals surface area (Å²) in [5.74, 6) is 0.754. The predicted molar refractivity (Wildman–Crippen MR) is 140 cm³/mol. The van der Waals surface area contributed by atoms with Crippen LogP contribution in [0.25, 0.3) is 10.8 Å². The number of aryl methyl sites for hydroxylation is 1. The first-order valence-electron chi connectivity index (χ1n) is 12.2. The highest BCUT2D eigenvalue weighted by Gasteiger charge is 2.30. The topological polar surface area (TPSA) is 47.6 Å². The maximum atomic E-state index is 12.3. The first-order valence-corrected chi connectivity index (χ1v) is 12.2. The number of benzene rings is 4. The predicted octanol–water partition coefficient (Wildman–Crippen LogP) is 6.57. The molecule has 0 radical (unpaired) electrons. The lowest BCUT2D eigenvalue weighted by Crippen LogP contribution is -2.37. The van der Waals surface area contributed by atoms with Gasteiger partial charge in [0.25, 0.3) is 0 Å². The van der Waals surface area contributed by atoms with Gasteiger partial charge in [0.15, 0.2) is 0 Å². The molecule has 1 N–H and O–H groups in total. The molecule has 0 spiro atoms. The Kier molecular flexibility index (Phi) is 6.56. The number of carbonyl (C=O) groups excluding carboxylic acids is 1. The van der Waals surface area contributed by atoms with Crippen LogP contribution in [0.2, 0.25) is 0 Å².